The van der Waals surface area contributed by atoms with Gasteiger partial charge in [0.15, 0.2) is 0 Å². The Morgan fingerprint density at radius 1 is 1.33 bits per heavy atom. The molecule has 0 fully saturated rings. The molecule has 112 valence electrons. The van der Waals surface area contributed by atoms with Crippen LogP contribution in [-0.4, -0.2) is 33.4 Å². The molecule has 0 bridgehead atoms. The zero-order chi connectivity index (χ0) is 15.2. The molecule has 21 heavy (non-hydrogen) atoms. The van der Waals surface area contributed by atoms with E-state index in [-0.39, 0.29) is 24.5 Å². The molecule has 0 aliphatic carbocycles. The number of hydrogen-bond donors (Lipinski definition) is 2. The molecular formula is C16H21N3O2. The summed E-state index contributed by atoms with van der Waals surface area (Å²) in [6.07, 6.45) is 3.64. The standard InChI is InChI=1S/C16H21N3O2/c1-12(11-20)13(2)18-16(21)15-6-4-14(5-7-15)10-19-9-3-8-17-19/h3-9,12-13,20H,10-11H2,1-2H3,(H,18,21). The van der Waals surface area contributed by atoms with Crippen LogP contribution in [0.4, 0.5) is 0 Å². The predicted octanol–water partition coefficient (Wildman–Crippen LogP) is 1.68. The second-order valence-corrected chi connectivity index (χ2v) is 5.32. The zero-order valence-electron chi connectivity index (χ0n) is 12.4. The number of aliphatic hydroxyl groups is 1. The maximum absolute atomic E-state index is 12.1. The first-order chi connectivity index (χ1) is 10.1. The Bertz CT molecular complexity index is 564. The second-order valence-electron chi connectivity index (χ2n) is 5.32. The van der Waals surface area contributed by atoms with E-state index in [4.69, 9.17) is 5.11 Å². The van der Waals surface area contributed by atoms with Crippen molar-refractivity contribution in [1.29, 1.82) is 0 Å². The number of nitrogens with one attached hydrogen (secondary N) is 1. The number of rotatable bonds is 6. The molecule has 1 heterocycles. The van der Waals surface area contributed by atoms with Crippen LogP contribution in [0.2, 0.25) is 0 Å². The summed E-state index contributed by atoms with van der Waals surface area (Å²) in [6, 6.07) is 9.29. The van der Waals surface area contributed by atoms with E-state index in [9.17, 15) is 4.79 Å². The maximum Gasteiger partial charge on any atom is 0.251 e. The largest absolute Gasteiger partial charge is 0.396 e. The van der Waals surface area contributed by atoms with Gasteiger partial charge in [-0.2, -0.15) is 5.10 Å². The first-order valence-corrected chi connectivity index (χ1v) is 7.08. The van der Waals surface area contributed by atoms with Crippen LogP contribution in [0.25, 0.3) is 0 Å². The Hall–Kier alpha value is -2.14. The molecule has 0 saturated heterocycles. The van der Waals surface area contributed by atoms with E-state index >= 15 is 0 Å². The molecule has 0 aliphatic heterocycles. The number of hydrogen-bond acceptors (Lipinski definition) is 3. The van der Waals surface area contributed by atoms with Crippen molar-refractivity contribution >= 4 is 5.91 Å². The average molecular weight is 287 g/mol. The van der Waals surface area contributed by atoms with Crippen LogP contribution in [0, 0.1) is 5.92 Å². The molecule has 1 aromatic heterocycles. The molecule has 5 nitrogen and oxygen atoms in total. The van der Waals surface area contributed by atoms with Gasteiger partial charge in [-0.05, 0) is 36.6 Å². The summed E-state index contributed by atoms with van der Waals surface area (Å²) in [4.78, 5) is 12.1. The number of aromatic nitrogens is 2. The lowest BCUT2D eigenvalue weighted by Crippen LogP contribution is -2.38. The number of benzene rings is 1. The van der Waals surface area contributed by atoms with Crippen molar-refractivity contribution in [3.05, 3.63) is 53.9 Å². The minimum Gasteiger partial charge on any atom is -0.396 e. The first-order valence-electron chi connectivity index (χ1n) is 7.08. The molecule has 0 saturated carbocycles. The van der Waals surface area contributed by atoms with Crippen molar-refractivity contribution < 1.29 is 9.90 Å². The fraction of sp³-hybridized carbons (Fsp3) is 0.375. The van der Waals surface area contributed by atoms with E-state index in [1.807, 2.05) is 55.1 Å². The van der Waals surface area contributed by atoms with Gasteiger partial charge >= 0.3 is 0 Å². The highest BCUT2D eigenvalue weighted by molar-refractivity contribution is 5.94. The summed E-state index contributed by atoms with van der Waals surface area (Å²) >= 11 is 0. The Labute approximate surface area is 124 Å². The molecule has 2 atom stereocenters. The van der Waals surface area contributed by atoms with Crippen LogP contribution < -0.4 is 5.32 Å². The van der Waals surface area contributed by atoms with E-state index < -0.39 is 0 Å². The summed E-state index contributed by atoms with van der Waals surface area (Å²) in [5, 5.41) is 16.1. The van der Waals surface area contributed by atoms with Crippen LogP contribution >= 0.6 is 0 Å². The van der Waals surface area contributed by atoms with Gasteiger partial charge < -0.3 is 10.4 Å². The fourth-order valence-corrected chi connectivity index (χ4v) is 1.93. The SMILES string of the molecule is CC(CO)C(C)NC(=O)c1ccc(Cn2cccn2)cc1. The molecule has 5 heteroatoms. The van der Waals surface area contributed by atoms with Crippen molar-refractivity contribution in [2.75, 3.05) is 6.61 Å². The third-order valence-electron chi connectivity index (χ3n) is 3.62. The highest BCUT2D eigenvalue weighted by Crippen LogP contribution is 2.08. The molecule has 2 rings (SSSR count). The van der Waals surface area contributed by atoms with Crippen molar-refractivity contribution in [2.24, 2.45) is 5.92 Å². The number of carbonyl (C=O) groups is 1. The van der Waals surface area contributed by atoms with E-state index in [0.717, 1.165) is 5.56 Å². The van der Waals surface area contributed by atoms with Crippen molar-refractivity contribution in [2.45, 2.75) is 26.4 Å². The lowest BCUT2D eigenvalue weighted by molar-refractivity contribution is 0.0916. The molecular weight excluding hydrogens is 266 g/mol. The van der Waals surface area contributed by atoms with Gasteiger partial charge in [0.1, 0.15) is 0 Å². The van der Waals surface area contributed by atoms with Crippen LogP contribution in [0.15, 0.2) is 42.7 Å². The van der Waals surface area contributed by atoms with Gasteiger partial charge in [-0.15, -0.1) is 0 Å². The Balaban J connectivity index is 1.96. The van der Waals surface area contributed by atoms with Crippen molar-refractivity contribution in [3.63, 3.8) is 0 Å². The average Bonchev–Trinajstić information content (AvgIpc) is 2.99. The quantitative estimate of drug-likeness (QED) is 0.849. The normalized spacial score (nSPS) is 13.7. The van der Waals surface area contributed by atoms with E-state index in [1.54, 1.807) is 6.20 Å². The molecule has 1 amide bonds. The summed E-state index contributed by atoms with van der Waals surface area (Å²) in [6.45, 7) is 4.54. The number of nitrogens with zero attached hydrogens (tertiary/aromatic N) is 2. The third kappa shape index (κ3) is 4.16. The molecule has 2 aromatic rings. The van der Waals surface area contributed by atoms with Gasteiger partial charge in [0.05, 0.1) is 6.54 Å². The monoisotopic (exact) mass is 287 g/mol. The fourth-order valence-electron chi connectivity index (χ4n) is 1.93. The van der Waals surface area contributed by atoms with Crippen LogP contribution in [-0.2, 0) is 6.54 Å². The van der Waals surface area contributed by atoms with Crippen molar-refractivity contribution in [1.82, 2.24) is 15.1 Å². The topological polar surface area (TPSA) is 67.2 Å². The van der Waals surface area contributed by atoms with Crippen molar-refractivity contribution in [3.8, 4) is 0 Å². The van der Waals surface area contributed by atoms with E-state index in [2.05, 4.69) is 10.4 Å². The number of aliphatic hydroxyl groups excluding tert-OH is 1. The predicted molar refractivity (Wildman–Crippen MR) is 80.9 cm³/mol. The van der Waals surface area contributed by atoms with Gasteiger partial charge in [0, 0.05) is 30.6 Å². The Kier molecular flexibility index (Phi) is 5.11. The van der Waals surface area contributed by atoms with E-state index in [1.165, 1.54) is 0 Å². The minimum atomic E-state index is -0.117. The summed E-state index contributed by atoms with van der Waals surface area (Å²) in [7, 11) is 0. The lowest BCUT2D eigenvalue weighted by Gasteiger charge is -2.19. The summed E-state index contributed by atoms with van der Waals surface area (Å²) < 4.78 is 1.83. The maximum atomic E-state index is 12.1. The zero-order valence-corrected chi connectivity index (χ0v) is 12.4. The highest BCUT2D eigenvalue weighted by Gasteiger charge is 2.14. The Morgan fingerprint density at radius 3 is 2.62 bits per heavy atom. The van der Waals surface area contributed by atoms with E-state index in [0.29, 0.717) is 12.1 Å². The molecule has 0 aliphatic rings. The highest BCUT2D eigenvalue weighted by atomic mass is 16.3. The number of carbonyl (C=O) groups excluding carboxylic acids is 1. The Morgan fingerprint density at radius 2 is 2.05 bits per heavy atom. The second kappa shape index (κ2) is 7.04. The molecule has 2 N–H and O–H groups in total. The van der Waals surface area contributed by atoms with Crippen LogP contribution in [0.3, 0.4) is 0 Å². The van der Waals surface area contributed by atoms with Gasteiger partial charge in [0.25, 0.3) is 5.91 Å². The van der Waals surface area contributed by atoms with Crippen LogP contribution in [0.5, 0.6) is 0 Å². The number of amides is 1. The third-order valence-corrected chi connectivity index (χ3v) is 3.62. The van der Waals surface area contributed by atoms with Gasteiger partial charge in [-0.25, -0.2) is 0 Å². The summed E-state index contributed by atoms with van der Waals surface area (Å²) in [5.41, 5.74) is 1.71. The molecule has 0 radical (unpaired) electrons. The minimum absolute atomic E-state index is 0.0352. The first kappa shape index (κ1) is 15.3. The molecule has 2 unspecified atom stereocenters. The smallest absolute Gasteiger partial charge is 0.251 e. The van der Waals surface area contributed by atoms with Crippen LogP contribution in [0.1, 0.15) is 29.8 Å². The molecule has 1 aromatic carbocycles. The summed E-state index contributed by atoms with van der Waals surface area (Å²) in [5.74, 6) is -0.0820. The van der Waals surface area contributed by atoms with Gasteiger partial charge in [-0.3, -0.25) is 9.48 Å². The lowest BCUT2D eigenvalue weighted by atomic mass is 10.0. The van der Waals surface area contributed by atoms with Gasteiger partial charge in [-0.1, -0.05) is 19.1 Å². The molecule has 0 spiro atoms. The van der Waals surface area contributed by atoms with Gasteiger partial charge in [0.2, 0.25) is 0 Å².